The second kappa shape index (κ2) is 4.52. The number of nitrogens with zero attached hydrogens (tertiary/aromatic N) is 1. The molecule has 0 aliphatic heterocycles. The molecule has 1 heterocycles. The number of aldehydes is 1. The van der Waals surface area contributed by atoms with Gasteiger partial charge in [0.15, 0.2) is 6.29 Å². The van der Waals surface area contributed by atoms with Gasteiger partial charge >= 0.3 is 0 Å². The van der Waals surface area contributed by atoms with Crippen LogP contribution in [-0.4, -0.2) is 11.1 Å². The van der Waals surface area contributed by atoms with Gasteiger partial charge in [-0.2, -0.15) is 4.79 Å². The monoisotopic (exact) mass is 275 g/mol. The lowest BCUT2D eigenvalue weighted by molar-refractivity contribution is 0.112. The minimum absolute atomic E-state index is 0.0901. The van der Waals surface area contributed by atoms with Gasteiger partial charge in [0, 0.05) is 10.9 Å². The van der Waals surface area contributed by atoms with E-state index in [1.54, 1.807) is 0 Å². The van der Waals surface area contributed by atoms with Gasteiger partial charge < -0.3 is 0 Å². The molecule has 0 amide bonds. The van der Waals surface area contributed by atoms with Crippen molar-refractivity contribution < 1.29 is 18.1 Å². The minimum atomic E-state index is -0.724. The average Bonchev–Trinajstić information content (AvgIpc) is 2.74. The number of rotatable bonds is 2. The molecule has 2 aromatic carbocycles. The number of fused-ring (bicyclic) bond motifs is 1. The molecule has 3 aromatic rings. The normalized spacial score (nSPS) is 10.9. The van der Waals surface area contributed by atoms with Crippen molar-refractivity contribution in [2.75, 3.05) is 0 Å². The number of hydrogen-bond donors (Lipinski definition) is 0. The Balaban J connectivity index is 2.48. The van der Waals surface area contributed by atoms with Crippen LogP contribution in [0.1, 0.15) is 10.4 Å². The number of carbonyl (C=O) groups is 1. The molecule has 0 spiro atoms. The van der Waals surface area contributed by atoms with Gasteiger partial charge in [0.25, 0.3) is 0 Å². The van der Waals surface area contributed by atoms with Gasteiger partial charge in [-0.1, -0.05) is 22.7 Å². The Labute approximate surface area is 112 Å². The molecule has 0 aliphatic rings. The van der Waals surface area contributed by atoms with Crippen molar-refractivity contribution >= 4 is 17.2 Å². The Kier molecular flexibility index (Phi) is 2.82. The molecule has 0 radical (unpaired) electrons. The number of halogens is 3. The maximum Gasteiger partial charge on any atom is 0.153 e. The molecule has 100 valence electrons. The summed E-state index contributed by atoms with van der Waals surface area (Å²) in [5, 5.41) is -0.150. The van der Waals surface area contributed by atoms with Crippen molar-refractivity contribution in [2.45, 2.75) is 0 Å². The van der Waals surface area contributed by atoms with E-state index in [0.717, 1.165) is 12.1 Å². The summed E-state index contributed by atoms with van der Waals surface area (Å²) in [4.78, 5) is 11.4. The van der Waals surface area contributed by atoms with E-state index < -0.39 is 11.6 Å². The van der Waals surface area contributed by atoms with E-state index in [-0.39, 0.29) is 32.5 Å². The molecule has 5 heteroatoms. The molecule has 1 aromatic heterocycles. The topological polar surface area (TPSA) is 22.0 Å². The number of benzene rings is 2. The maximum absolute atomic E-state index is 14.3. The molecule has 0 aliphatic carbocycles. The molecule has 0 N–H and O–H groups in total. The van der Waals surface area contributed by atoms with Crippen LogP contribution in [0.25, 0.3) is 22.2 Å². The summed E-state index contributed by atoms with van der Waals surface area (Å²) < 4.78 is 42.0. The molecule has 20 heavy (non-hydrogen) atoms. The van der Waals surface area contributed by atoms with Crippen LogP contribution >= 0.6 is 0 Å². The van der Waals surface area contributed by atoms with Crippen molar-refractivity contribution in [3.63, 3.8) is 0 Å². The molecule has 0 unspecified atom stereocenters. The zero-order valence-electron chi connectivity index (χ0n) is 10.1. The molecule has 2 nitrogen and oxygen atoms in total. The zero-order chi connectivity index (χ0) is 14.3. The van der Waals surface area contributed by atoms with Crippen LogP contribution < -0.4 is 0 Å². The Hall–Kier alpha value is -2.56. The highest BCUT2D eigenvalue weighted by Crippen LogP contribution is 2.35. The molecule has 0 bridgehead atoms. The number of carbonyl (C=O) groups excluding carboxylic acids is 1. The fourth-order valence-corrected chi connectivity index (χ4v) is 2.31. The standard InChI is InChI=1S/C15H8F3NO/c16-11-5-2-1-4-9(11)15-10(8-20)14-12(17)6-3-7-13(14)19(15)18/h1-8H. The smallest absolute Gasteiger partial charge is 0.153 e. The third kappa shape index (κ3) is 1.63. The predicted octanol–water partition coefficient (Wildman–Crippen LogP) is 4.13. The van der Waals surface area contributed by atoms with Gasteiger partial charge in [-0.15, -0.1) is 0 Å². The van der Waals surface area contributed by atoms with Crippen LogP contribution in [0.3, 0.4) is 0 Å². The highest BCUT2D eigenvalue weighted by Gasteiger charge is 2.22. The Morgan fingerprint density at radius 2 is 1.65 bits per heavy atom. The first-order valence-corrected chi connectivity index (χ1v) is 5.84. The third-order valence-electron chi connectivity index (χ3n) is 3.17. The second-order valence-corrected chi connectivity index (χ2v) is 4.27. The summed E-state index contributed by atoms with van der Waals surface area (Å²) in [6, 6.07) is 9.23. The molecule has 0 saturated heterocycles. The van der Waals surface area contributed by atoms with Crippen molar-refractivity contribution in [3.8, 4) is 11.3 Å². The van der Waals surface area contributed by atoms with Gasteiger partial charge in [-0.05, 0) is 24.3 Å². The van der Waals surface area contributed by atoms with Gasteiger partial charge in [0.2, 0.25) is 0 Å². The quantitative estimate of drug-likeness (QED) is 0.644. The van der Waals surface area contributed by atoms with Crippen molar-refractivity contribution in [1.82, 2.24) is 4.79 Å². The first-order chi connectivity index (χ1) is 9.65. The fourth-order valence-electron chi connectivity index (χ4n) is 2.31. The number of hydrogen-bond acceptors (Lipinski definition) is 1. The van der Waals surface area contributed by atoms with Crippen LogP contribution in [0.15, 0.2) is 42.5 Å². The molecular weight excluding hydrogens is 267 g/mol. The fraction of sp³-hybridized carbons (Fsp3) is 0. The highest BCUT2D eigenvalue weighted by molar-refractivity contribution is 6.05. The average molecular weight is 275 g/mol. The second-order valence-electron chi connectivity index (χ2n) is 4.27. The Morgan fingerprint density at radius 3 is 2.35 bits per heavy atom. The molecular formula is C15H8F3NO. The molecule has 0 fully saturated rings. The van der Waals surface area contributed by atoms with E-state index in [0.29, 0.717) is 6.29 Å². The van der Waals surface area contributed by atoms with Crippen LogP contribution in [0.2, 0.25) is 0 Å². The summed E-state index contributed by atoms with van der Waals surface area (Å²) in [5.74, 6) is -1.41. The minimum Gasteiger partial charge on any atom is -0.298 e. The van der Waals surface area contributed by atoms with Gasteiger partial charge in [-0.25, -0.2) is 8.78 Å². The molecule has 0 atom stereocenters. The van der Waals surface area contributed by atoms with Gasteiger partial charge in [0.05, 0.1) is 16.8 Å². The van der Waals surface area contributed by atoms with Crippen molar-refractivity contribution in [1.29, 1.82) is 0 Å². The predicted molar refractivity (Wildman–Crippen MR) is 69.2 cm³/mol. The summed E-state index contributed by atoms with van der Waals surface area (Å²) in [6.07, 6.45) is 0.337. The van der Waals surface area contributed by atoms with Crippen LogP contribution in [0, 0.1) is 11.6 Å². The highest BCUT2D eigenvalue weighted by atomic mass is 19.2. The summed E-state index contributed by atoms with van der Waals surface area (Å²) >= 11 is 0. The van der Waals surface area contributed by atoms with E-state index in [4.69, 9.17) is 0 Å². The summed E-state index contributed by atoms with van der Waals surface area (Å²) in [6.45, 7) is 0. The lowest BCUT2D eigenvalue weighted by atomic mass is 10.1. The largest absolute Gasteiger partial charge is 0.298 e. The van der Waals surface area contributed by atoms with Crippen LogP contribution in [0.5, 0.6) is 0 Å². The van der Waals surface area contributed by atoms with E-state index in [9.17, 15) is 18.1 Å². The van der Waals surface area contributed by atoms with E-state index in [2.05, 4.69) is 0 Å². The SMILES string of the molecule is O=Cc1c(-c2ccccc2F)n(F)c2cccc(F)c12. The molecule has 3 rings (SSSR count). The third-order valence-corrected chi connectivity index (χ3v) is 3.17. The zero-order valence-corrected chi connectivity index (χ0v) is 10.1. The summed E-state index contributed by atoms with van der Waals surface area (Å²) in [7, 11) is 0. The van der Waals surface area contributed by atoms with Crippen molar-refractivity contribution in [2.24, 2.45) is 0 Å². The lowest BCUT2D eigenvalue weighted by Gasteiger charge is -2.03. The molecule has 0 saturated carbocycles. The maximum atomic E-state index is 14.3. The van der Waals surface area contributed by atoms with E-state index in [1.807, 2.05) is 0 Å². The first kappa shape index (κ1) is 12.5. The van der Waals surface area contributed by atoms with E-state index >= 15 is 0 Å². The lowest BCUT2D eigenvalue weighted by Crippen LogP contribution is -1.93. The first-order valence-electron chi connectivity index (χ1n) is 5.84. The van der Waals surface area contributed by atoms with Crippen molar-refractivity contribution in [3.05, 3.63) is 59.7 Å². The Bertz CT molecular complexity index is 823. The van der Waals surface area contributed by atoms with Crippen LogP contribution in [0.4, 0.5) is 13.3 Å². The van der Waals surface area contributed by atoms with Gasteiger partial charge in [-0.3, -0.25) is 4.79 Å². The number of aromatic nitrogens is 1. The van der Waals surface area contributed by atoms with E-state index in [1.165, 1.54) is 30.3 Å². The summed E-state index contributed by atoms with van der Waals surface area (Å²) in [5.41, 5.74) is -0.679. The van der Waals surface area contributed by atoms with Gasteiger partial charge in [0.1, 0.15) is 11.6 Å². The Morgan fingerprint density at radius 1 is 0.950 bits per heavy atom. The van der Waals surface area contributed by atoms with Crippen LogP contribution in [-0.2, 0) is 0 Å².